The molecule has 1 fully saturated rings. The zero-order valence-electron chi connectivity index (χ0n) is 17.9. The highest BCUT2D eigenvalue weighted by Gasteiger charge is 2.27. The van der Waals surface area contributed by atoms with E-state index < -0.39 is 0 Å². The number of likely N-dealkylation sites (tertiary alicyclic amines) is 1. The van der Waals surface area contributed by atoms with Gasteiger partial charge in [-0.05, 0) is 76.5 Å². The Hall–Kier alpha value is -2.77. The summed E-state index contributed by atoms with van der Waals surface area (Å²) >= 11 is 9.88. The van der Waals surface area contributed by atoms with Crippen LogP contribution < -0.4 is 5.56 Å². The van der Waals surface area contributed by atoms with Gasteiger partial charge in [0.15, 0.2) is 0 Å². The van der Waals surface area contributed by atoms with Crippen molar-refractivity contribution in [3.8, 4) is 0 Å². The quantitative estimate of drug-likeness (QED) is 0.501. The normalized spacial score (nSPS) is 15.6. The lowest BCUT2D eigenvalue weighted by atomic mass is 9.88. The van der Waals surface area contributed by atoms with Crippen molar-refractivity contribution in [3.63, 3.8) is 0 Å². The molecule has 0 atom stereocenters. The molecule has 168 valence electrons. The number of amides is 1. The highest BCUT2D eigenvalue weighted by molar-refractivity contribution is 9.10. The molecule has 6 nitrogen and oxygen atoms in total. The SMILES string of the molecule is O=C(Cn1cnccc1=O)N1CCC(=C2c3ccc(Cl)cc3CCc3cc(Br)cnc32)CC1. The smallest absolute Gasteiger partial charge is 0.253 e. The molecule has 1 aliphatic carbocycles. The molecule has 3 heterocycles. The van der Waals surface area contributed by atoms with Gasteiger partial charge in [0.1, 0.15) is 6.54 Å². The van der Waals surface area contributed by atoms with E-state index in [1.165, 1.54) is 51.0 Å². The number of fused-ring (bicyclic) bond motifs is 2. The second-order valence-corrected chi connectivity index (χ2v) is 9.72. The third-order valence-corrected chi connectivity index (χ3v) is 7.01. The van der Waals surface area contributed by atoms with E-state index in [0.29, 0.717) is 13.1 Å². The van der Waals surface area contributed by atoms with Crippen molar-refractivity contribution in [2.75, 3.05) is 13.1 Å². The van der Waals surface area contributed by atoms with E-state index in [-0.39, 0.29) is 18.0 Å². The lowest BCUT2D eigenvalue weighted by Gasteiger charge is -2.30. The van der Waals surface area contributed by atoms with Crippen LogP contribution in [-0.2, 0) is 24.2 Å². The molecule has 0 unspecified atom stereocenters. The Balaban J connectivity index is 1.46. The van der Waals surface area contributed by atoms with Gasteiger partial charge in [0.05, 0.1) is 12.0 Å². The van der Waals surface area contributed by atoms with Crippen LogP contribution in [0.5, 0.6) is 0 Å². The highest BCUT2D eigenvalue weighted by atomic mass is 79.9. The molecule has 2 aliphatic rings. The molecular weight excluding hydrogens is 504 g/mol. The Bertz CT molecular complexity index is 1270. The molecule has 1 saturated heterocycles. The number of pyridine rings is 1. The molecule has 0 saturated carbocycles. The van der Waals surface area contributed by atoms with Crippen LogP contribution >= 0.6 is 27.5 Å². The molecule has 3 aromatic rings. The van der Waals surface area contributed by atoms with Gasteiger partial charge in [-0.2, -0.15) is 0 Å². The van der Waals surface area contributed by atoms with Crippen LogP contribution in [-0.4, -0.2) is 38.4 Å². The van der Waals surface area contributed by atoms with Crippen LogP contribution in [0.2, 0.25) is 5.02 Å². The van der Waals surface area contributed by atoms with Gasteiger partial charge >= 0.3 is 0 Å². The first-order chi connectivity index (χ1) is 16.0. The number of rotatable bonds is 2. The summed E-state index contributed by atoms with van der Waals surface area (Å²) in [6, 6.07) is 9.62. The number of nitrogens with zero attached hydrogens (tertiary/aromatic N) is 4. The first kappa shape index (κ1) is 22.0. The summed E-state index contributed by atoms with van der Waals surface area (Å²) in [5.74, 6) is -0.0651. The fraction of sp³-hybridized carbons (Fsp3) is 0.280. The largest absolute Gasteiger partial charge is 0.341 e. The van der Waals surface area contributed by atoms with Crippen molar-refractivity contribution in [2.45, 2.75) is 32.2 Å². The summed E-state index contributed by atoms with van der Waals surface area (Å²) in [6.07, 6.45) is 8.03. The van der Waals surface area contributed by atoms with Crippen LogP contribution in [0.1, 0.15) is 35.2 Å². The monoisotopic (exact) mass is 524 g/mol. The average Bonchev–Trinajstić information content (AvgIpc) is 2.97. The lowest BCUT2D eigenvalue weighted by Crippen LogP contribution is -2.40. The van der Waals surface area contributed by atoms with Crippen molar-refractivity contribution in [1.82, 2.24) is 19.4 Å². The highest BCUT2D eigenvalue weighted by Crippen LogP contribution is 2.39. The lowest BCUT2D eigenvalue weighted by molar-refractivity contribution is -0.132. The van der Waals surface area contributed by atoms with Crippen molar-refractivity contribution in [1.29, 1.82) is 0 Å². The molecule has 1 aliphatic heterocycles. The maximum absolute atomic E-state index is 12.8. The summed E-state index contributed by atoms with van der Waals surface area (Å²) in [6.45, 7) is 1.24. The zero-order valence-corrected chi connectivity index (χ0v) is 20.3. The molecule has 0 radical (unpaired) electrons. The fourth-order valence-corrected chi connectivity index (χ4v) is 5.26. The molecular formula is C25H22BrClN4O2. The minimum absolute atomic E-state index is 0.0122. The number of benzene rings is 1. The van der Waals surface area contributed by atoms with Crippen LogP contribution in [0.15, 0.2) is 63.9 Å². The Labute approximate surface area is 205 Å². The Morgan fingerprint density at radius 1 is 1.06 bits per heavy atom. The summed E-state index contributed by atoms with van der Waals surface area (Å²) in [5.41, 5.74) is 6.92. The molecule has 1 aromatic carbocycles. The van der Waals surface area contributed by atoms with E-state index in [1.54, 1.807) is 0 Å². The predicted octanol–water partition coefficient (Wildman–Crippen LogP) is 4.28. The van der Waals surface area contributed by atoms with E-state index >= 15 is 0 Å². The van der Waals surface area contributed by atoms with Gasteiger partial charge in [-0.25, -0.2) is 4.98 Å². The number of carbonyl (C=O) groups is 1. The second-order valence-electron chi connectivity index (χ2n) is 8.37. The molecule has 0 bridgehead atoms. The molecule has 0 N–H and O–H groups in total. The minimum atomic E-state index is -0.222. The molecule has 1 amide bonds. The first-order valence-electron chi connectivity index (χ1n) is 10.9. The van der Waals surface area contributed by atoms with Crippen LogP contribution in [0.25, 0.3) is 5.57 Å². The minimum Gasteiger partial charge on any atom is -0.341 e. The van der Waals surface area contributed by atoms with Gasteiger partial charge in [-0.15, -0.1) is 0 Å². The molecule has 0 spiro atoms. The zero-order chi connectivity index (χ0) is 22.9. The summed E-state index contributed by atoms with van der Waals surface area (Å²) in [7, 11) is 0. The van der Waals surface area contributed by atoms with Crippen LogP contribution in [0.3, 0.4) is 0 Å². The van der Waals surface area contributed by atoms with Gasteiger partial charge < -0.3 is 4.90 Å². The van der Waals surface area contributed by atoms with E-state index in [2.05, 4.69) is 39.1 Å². The third-order valence-electron chi connectivity index (χ3n) is 6.34. The maximum Gasteiger partial charge on any atom is 0.253 e. The Morgan fingerprint density at radius 3 is 2.64 bits per heavy atom. The van der Waals surface area contributed by atoms with E-state index in [1.807, 2.05) is 17.2 Å². The summed E-state index contributed by atoms with van der Waals surface area (Å²) in [5, 5.41) is 0.740. The van der Waals surface area contributed by atoms with Crippen molar-refractivity contribution < 1.29 is 4.79 Å². The Kier molecular flexibility index (Phi) is 6.17. The van der Waals surface area contributed by atoms with E-state index in [9.17, 15) is 9.59 Å². The number of halogens is 2. The van der Waals surface area contributed by atoms with E-state index in [0.717, 1.165) is 40.9 Å². The number of carbonyl (C=O) groups excluding carboxylic acids is 1. The van der Waals surface area contributed by atoms with Crippen molar-refractivity contribution in [2.24, 2.45) is 0 Å². The third kappa shape index (κ3) is 4.52. The fourth-order valence-electron chi connectivity index (χ4n) is 4.68. The van der Waals surface area contributed by atoms with Crippen molar-refractivity contribution in [3.05, 3.63) is 96.9 Å². The van der Waals surface area contributed by atoms with E-state index in [4.69, 9.17) is 16.6 Å². The van der Waals surface area contributed by atoms with Gasteiger partial charge in [0.2, 0.25) is 5.91 Å². The topological polar surface area (TPSA) is 68.1 Å². The van der Waals surface area contributed by atoms with Gasteiger partial charge in [0.25, 0.3) is 5.56 Å². The Morgan fingerprint density at radius 2 is 1.85 bits per heavy atom. The second kappa shape index (κ2) is 9.23. The number of aromatic nitrogens is 3. The van der Waals surface area contributed by atoms with Gasteiger partial charge in [0, 0.05) is 46.6 Å². The number of piperidine rings is 1. The maximum atomic E-state index is 12.8. The number of hydrogen-bond donors (Lipinski definition) is 0. The summed E-state index contributed by atoms with van der Waals surface area (Å²) < 4.78 is 2.32. The predicted molar refractivity (Wildman–Crippen MR) is 131 cm³/mol. The van der Waals surface area contributed by atoms with Crippen LogP contribution in [0.4, 0.5) is 0 Å². The standard InChI is InChI=1S/C25H22BrClN4O2/c26-19-11-18-2-1-17-12-20(27)3-4-21(17)24(25(18)29-13-19)16-6-9-30(10-7-16)23(33)14-31-15-28-8-5-22(31)32/h3-5,8,11-13,15H,1-2,6-7,9-10,14H2. The van der Waals surface area contributed by atoms with Crippen LogP contribution in [0, 0.1) is 0 Å². The van der Waals surface area contributed by atoms with Crippen molar-refractivity contribution >= 4 is 39.0 Å². The van der Waals surface area contributed by atoms with Gasteiger partial charge in [-0.3, -0.25) is 19.1 Å². The molecule has 5 rings (SSSR count). The number of aryl methyl sites for hydroxylation is 2. The molecule has 33 heavy (non-hydrogen) atoms. The first-order valence-corrected chi connectivity index (χ1v) is 12.1. The number of hydrogen-bond acceptors (Lipinski definition) is 4. The molecule has 2 aromatic heterocycles. The molecule has 8 heteroatoms. The van der Waals surface area contributed by atoms with Gasteiger partial charge in [-0.1, -0.05) is 23.2 Å². The summed E-state index contributed by atoms with van der Waals surface area (Å²) in [4.78, 5) is 35.3. The average molecular weight is 526 g/mol.